The van der Waals surface area contributed by atoms with E-state index in [0.717, 1.165) is 19.6 Å². The molecule has 0 saturated carbocycles. The second-order valence-corrected chi connectivity index (χ2v) is 8.76. The Balaban J connectivity index is 2.14. The number of nitrogens with zero attached hydrogens (tertiary/aromatic N) is 1. The van der Waals surface area contributed by atoms with Gasteiger partial charge in [0.25, 0.3) is 0 Å². The molecule has 0 amide bonds. The van der Waals surface area contributed by atoms with E-state index in [1.807, 2.05) is 11.3 Å². The van der Waals surface area contributed by atoms with Crippen LogP contribution in [0.5, 0.6) is 0 Å². The van der Waals surface area contributed by atoms with Crippen LogP contribution in [-0.4, -0.2) is 29.1 Å². The molecule has 0 unspecified atom stereocenters. The zero-order valence-corrected chi connectivity index (χ0v) is 14.8. The lowest BCUT2D eigenvalue weighted by atomic mass is 9.85. The number of thiophene rings is 1. The van der Waals surface area contributed by atoms with Crippen molar-refractivity contribution in [3.05, 3.63) is 20.8 Å². The van der Waals surface area contributed by atoms with Gasteiger partial charge in [-0.15, -0.1) is 11.3 Å². The largest absolute Gasteiger partial charge is 0.308 e. The summed E-state index contributed by atoms with van der Waals surface area (Å²) in [7, 11) is 0. The van der Waals surface area contributed by atoms with Crippen LogP contribution in [0.2, 0.25) is 0 Å². The molecule has 0 spiro atoms. The van der Waals surface area contributed by atoms with Gasteiger partial charge in [-0.3, -0.25) is 4.90 Å². The normalized spacial score (nSPS) is 22.6. The zero-order chi connectivity index (χ0) is 14.1. The number of halogens is 1. The van der Waals surface area contributed by atoms with Crippen LogP contribution in [0, 0.1) is 0 Å². The Hall–Kier alpha value is 0.1000. The monoisotopic (exact) mass is 344 g/mol. The average molecular weight is 345 g/mol. The fourth-order valence-electron chi connectivity index (χ4n) is 2.77. The molecule has 4 heteroatoms. The number of piperazine rings is 1. The molecule has 2 nitrogen and oxygen atoms in total. The van der Waals surface area contributed by atoms with Crippen molar-refractivity contribution in [3.8, 4) is 0 Å². The van der Waals surface area contributed by atoms with Crippen LogP contribution in [0.1, 0.15) is 45.4 Å². The summed E-state index contributed by atoms with van der Waals surface area (Å²) < 4.78 is 1.23. The fourth-order valence-corrected chi connectivity index (χ4v) is 4.27. The molecule has 0 bridgehead atoms. The Bertz CT molecular complexity index is 424. The molecule has 1 fully saturated rings. The summed E-state index contributed by atoms with van der Waals surface area (Å²) in [6, 6.07) is 4.40. The van der Waals surface area contributed by atoms with Crippen molar-refractivity contribution >= 4 is 27.3 Å². The van der Waals surface area contributed by atoms with Gasteiger partial charge in [0, 0.05) is 35.6 Å². The number of nitrogens with one attached hydrogen (secondary N) is 1. The fraction of sp³-hybridized carbons (Fsp3) is 0.733. The van der Waals surface area contributed by atoms with Crippen LogP contribution in [0.3, 0.4) is 0 Å². The van der Waals surface area contributed by atoms with E-state index in [4.69, 9.17) is 0 Å². The molecule has 2 rings (SSSR count). The van der Waals surface area contributed by atoms with Crippen molar-refractivity contribution in [2.75, 3.05) is 13.1 Å². The molecule has 0 radical (unpaired) electrons. The van der Waals surface area contributed by atoms with Crippen LogP contribution in [0.15, 0.2) is 15.9 Å². The molecule has 1 aliphatic rings. The van der Waals surface area contributed by atoms with E-state index in [1.165, 1.54) is 21.5 Å². The Morgan fingerprint density at radius 2 is 2.00 bits per heavy atom. The molecule has 19 heavy (non-hydrogen) atoms. The zero-order valence-electron chi connectivity index (χ0n) is 12.4. The van der Waals surface area contributed by atoms with Gasteiger partial charge in [0.05, 0.1) is 3.79 Å². The molecule has 0 aliphatic carbocycles. The van der Waals surface area contributed by atoms with E-state index in [0.29, 0.717) is 5.54 Å². The van der Waals surface area contributed by atoms with Gasteiger partial charge in [-0.25, -0.2) is 0 Å². The predicted molar refractivity (Wildman–Crippen MR) is 87.8 cm³/mol. The first-order chi connectivity index (χ1) is 8.91. The van der Waals surface area contributed by atoms with Gasteiger partial charge in [0.2, 0.25) is 0 Å². The van der Waals surface area contributed by atoms with Crippen molar-refractivity contribution < 1.29 is 0 Å². The lowest BCUT2D eigenvalue weighted by molar-refractivity contribution is 0.0169. The standard InChI is InChI=1S/C15H25BrN2S/c1-5-15(6-2)11-18(14(3,4)10-17-15)9-12-7-8-13(16)19-12/h7-8,17H,5-6,9-11H2,1-4H3. The predicted octanol–water partition coefficient (Wildman–Crippen LogP) is 4.25. The number of hydrogen-bond donors (Lipinski definition) is 1. The molecular weight excluding hydrogens is 320 g/mol. The van der Waals surface area contributed by atoms with E-state index < -0.39 is 0 Å². The van der Waals surface area contributed by atoms with Gasteiger partial charge in [-0.2, -0.15) is 0 Å². The molecule has 108 valence electrons. The first-order valence-corrected chi connectivity index (χ1v) is 8.76. The molecule has 0 aromatic carbocycles. The Kier molecular flexibility index (Phi) is 4.76. The van der Waals surface area contributed by atoms with Crippen molar-refractivity contribution in [1.82, 2.24) is 10.2 Å². The van der Waals surface area contributed by atoms with Gasteiger partial charge in [0.15, 0.2) is 0 Å². The van der Waals surface area contributed by atoms with Gasteiger partial charge >= 0.3 is 0 Å². The lowest BCUT2D eigenvalue weighted by Crippen LogP contribution is -2.67. The number of hydrogen-bond acceptors (Lipinski definition) is 3. The number of rotatable bonds is 4. The first-order valence-electron chi connectivity index (χ1n) is 7.15. The summed E-state index contributed by atoms with van der Waals surface area (Å²) in [6.45, 7) is 12.6. The van der Waals surface area contributed by atoms with Crippen LogP contribution in [0.4, 0.5) is 0 Å². The van der Waals surface area contributed by atoms with Crippen LogP contribution in [-0.2, 0) is 6.54 Å². The molecular formula is C15H25BrN2S. The van der Waals surface area contributed by atoms with E-state index in [1.54, 1.807) is 0 Å². The van der Waals surface area contributed by atoms with Gasteiger partial charge < -0.3 is 5.32 Å². The van der Waals surface area contributed by atoms with Crippen molar-refractivity contribution in [3.63, 3.8) is 0 Å². The SMILES string of the molecule is CCC1(CC)CN(Cc2ccc(Br)s2)C(C)(C)CN1. The van der Waals surface area contributed by atoms with Gasteiger partial charge in [-0.1, -0.05) is 13.8 Å². The summed E-state index contributed by atoms with van der Waals surface area (Å²) in [5.41, 5.74) is 0.522. The third kappa shape index (κ3) is 3.41. The molecule has 1 aromatic rings. The van der Waals surface area contributed by atoms with E-state index in [9.17, 15) is 0 Å². The minimum absolute atomic E-state index is 0.226. The van der Waals surface area contributed by atoms with Crippen LogP contribution in [0.25, 0.3) is 0 Å². The highest BCUT2D eigenvalue weighted by atomic mass is 79.9. The minimum Gasteiger partial charge on any atom is -0.308 e. The summed E-state index contributed by atoms with van der Waals surface area (Å²) in [5, 5.41) is 3.80. The minimum atomic E-state index is 0.226. The molecule has 2 heterocycles. The van der Waals surface area contributed by atoms with E-state index in [-0.39, 0.29) is 5.54 Å². The highest BCUT2D eigenvalue weighted by molar-refractivity contribution is 9.11. The summed E-state index contributed by atoms with van der Waals surface area (Å²) in [6.07, 6.45) is 2.40. The lowest BCUT2D eigenvalue weighted by Gasteiger charge is -2.51. The highest BCUT2D eigenvalue weighted by Gasteiger charge is 2.40. The molecule has 1 aromatic heterocycles. The second kappa shape index (κ2) is 5.84. The van der Waals surface area contributed by atoms with Crippen LogP contribution >= 0.6 is 27.3 Å². The quantitative estimate of drug-likeness (QED) is 0.877. The maximum Gasteiger partial charge on any atom is 0.0701 e. The molecule has 1 N–H and O–H groups in total. The highest BCUT2D eigenvalue weighted by Crippen LogP contribution is 2.31. The van der Waals surface area contributed by atoms with Crippen molar-refractivity contribution in [1.29, 1.82) is 0 Å². The third-order valence-electron chi connectivity index (χ3n) is 4.57. The van der Waals surface area contributed by atoms with Gasteiger partial charge in [0.1, 0.15) is 0 Å². The first kappa shape index (κ1) is 15.5. The van der Waals surface area contributed by atoms with Crippen molar-refractivity contribution in [2.45, 2.75) is 58.2 Å². The maximum atomic E-state index is 3.80. The second-order valence-electron chi connectivity index (χ2n) is 6.22. The van der Waals surface area contributed by atoms with E-state index >= 15 is 0 Å². The Labute approximate surface area is 129 Å². The Morgan fingerprint density at radius 3 is 2.53 bits per heavy atom. The van der Waals surface area contributed by atoms with Gasteiger partial charge in [-0.05, 0) is 54.8 Å². The maximum absolute atomic E-state index is 3.80. The molecule has 0 atom stereocenters. The summed E-state index contributed by atoms with van der Waals surface area (Å²) >= 11 is 5.41. The smallest absolute Gasteiger partial charge is 0.0701 e. The van der Waals surface area contributed by atoms with E-state index in [2.05, 4.69) is 66.0 Å². The van der Waals surface area contributed by atoms with Crippen molar-refractivity contribution in [2.24, 2.45) is 0 Å². The van der Waals surface area contributed by atoms with Crippen LogP contribution < -0.4 is 5.32 Å². The third-order valence-corrected chi connectivity index (χ3v) is 6.18. The summed E-state index contributed by atoms with van der Waals surface area (Å²) in [4.78, 5) is 4.09. The molecule has 1 saturated heterocycles. The summed E-state index contributed by atoms with van der Waals surface area (Å²) in [5.74, 6) is 0. The average Bonchev–Trinajstić information content (AvgIpc) is 2.78. The molecule has 1 aliphatic heterocycles. The topological polar surface area (TPSA) is 15.3 Å². The Morgan fingerprint density at radius 1 is 1.32 bits per heavy atom.